The Kier molecular flexibility index (Phi) is 8.67. The number of rotatable bonds is 7. The molecule has 0 radical (unpaired) electrons. The number of piperidine rings is 1. The van der Waals surface area contributed by atoms with Crippen LogP contribution in [0.4, 0.5) is 10.5 Å². The van der Waals surface area contributed by atoms with Gasteiger partial charge in [0.15, 0.2) is 5.96 Å². The van der Waals surface area contributed by atoms with Gasteiger partial charge in [-0.15, -0.1) is 0 Å². The van der Waals surface area contributed by atoms with Gasteiger partial charge in [-0.1, -0.05) is 12.1 Å². The lowest BCUT2D eigenvalue weighted by atomic mass is 10.1. The van der Waals surface area contributed by atoms with E-state index >= 15 is 0 Å². The molecule has 2 heterocycles. The first-order valence-corrected chi connectivity index (χ1v) is 11.5. The quantitative estimate of drug-likeness (QED) is 0.511. The summed E-state index contributed by atoms with van der Waals surface area (Å²) < 4.78 is 10.6. The number of nitrogens with zero attached hydrogens (tertiary/aromatic N) is 3. The summed E-state index contributed by atoms with van der Waals surface area (Å²) >= 11 is 0. The molecule has 8 nitrogen and oxygen atoms in total. The lowest BCUT2D eigenvalue weighted by Gasteiger charge is -2.32. The largest absolute Gasteiger partial charge is 0.495 e. The lowest BCUT2D eigenvalue weighted by Crippen LogP contribution is -2.50. The molecule has 0 saturated carbocycles. The van der Waals surface area contributed by atoms with Crippen LogP contribution in [0.5, 0.6) is 5.75 Å². The summed E-state index contributed by atoms with van der Waals surface area (Å²) in [6, 6.07) is 8.52. The van der Waals surface area contributed by atoms with Crippen LogP contribution in [0.25, 0.3) is 0 Å². The number of likely N-dealkylation sites (tertiary alicyclic amines) is 1. The molecule has 2 N–H and O–H groups in total. The Morgan fingerprint density at radius 2 is 1.94 bits per heavy atom. The van der Waals surface area contributed by atoms with E-state index in [1.54, 1.807) is 12.0 Å². The van der Waals surface area contributed by atoms with E-state index in [9.17, 15) is 4.79 Å². The number of benzene rings is 1. The highest BCUT2D eigenvalue weighted by Crippen LogP contribution is 2.32. The molecule has 1 atom stereocenters. The average molecular weight is 432 g/mol. The maximum Gasteiger partial charge on any atom is 0.409 e. The van der Waals surface area contributed by atoms with Crippen molar-refractivity contribution in [1.29, 1.82) is 0 Å². The van der Waals surface area contributed by atoms with Gasteiger partial charge in [0.05, 0.1) is 19.4 Å². The van der Waals surface area contributed by atoms with Crippen molar-refractivity contribution in [2.75, 3.05) is 57.9 Å². The molecule has 1 amide bonds. The van der Waals surface area contributed by atoms with Gasteiger partial charge < -0.3 is 29.9 Å². The fourth-order valence-corrected chi connectivity index (χ4v) is 4.25. The van der Waals surface area contributed by atoms with Gasteiger partial charge >= 0.3 is 6.09 Å². The number of nitrogens with one attached hydrogen (secondary N) is 2. The lowest BCUT2D eigenvalue weighted by molar-refractivity contribution is 0.0963. The van der Waals surface area contributed by atoms with Crippen LogP contribution in [0.3, 0.4) is 0 Å². The Morgan fingerprint density at radius 1 is 1.16 bits per heavy atom. The normalized spacial score (nSPS) is 20.0. The topological polar surface area (TPSA) is 78.4 Å². The first-order valence-electron chi connectivity index (χ1n) is 11.5. The van der Waals surface area contributed by atoms with Crippen LogP contribution in [0.2, 0.25) is 0 Å². The van der Waals surface area contributed by atoms with Crippen LogP contribution in [0, 0.1) is 5.92 Å². The Labute approximate surface area is 186 Å². The molecule has 0 bridgehead atoms. The van der Waals surface area contributed by atoms with E-state index in [0.717, 1.165) is 62.8 Å². The number of amides is 1. The standard InChI is InChI=1S/C23H37N5O3/c1-4-24-22(26-19-11-14-27(15-12-19)23(29)31-5-2)25-16-18-10-13-28(17-18)20-8-6-7-9-21(20)30-3/h6-9,18-19H,4-5,10-17H2,1-3H3,(H2,24,25,26). The first kappa shape index (κ1) is 23.0. The minimum atomic E-state index is -0.206. The molecule has 3 rings (SSSR count). The summed E-state index contributed by atoms with van der Waals surface area (Å²) in [5.41, 5.74) is 1.16. The summed E-state index contributed by atoms with van der Waals surface area (Å²) in [6.07, 6.45) is 2.71. The van der Waals surface area contributed by atoms with Crippen LogP contribution >= 0.6 is 0 Å². The second-order valence-electron chi connectivity index (χ2n) is 8.10. The minimum Gasteiger partial charge on any atom is -0.495 e. The second kappa shape index (κ2) is 11.7. The summed E-state index contributed by atoms with van der Waals surface area (Å²) in [6.45, 7) is 9.40. The van der Waals surface area contributed by atoms with Gasteiger partial charge in [0.25, 0.3) is 0 Å². The molecule has 0 aromatic heterocycles. The van der Waals surface area contributed by atoms with E-state index in [-0.39, 0.29) is 6.09 Å². The van der Waals surface area contributed by atoms with E-state index in [4.69, 9.17) is 14.5 Å². The molecule has 2 fully saturated rings. The number of carbonyl (C=O) groups is 1. The minimum absolute atomic E-state index is 0.206. The predicted molar refractivity (Wildman–Crippen MR) is 124 cm³/mol. The van der Waals surface area contributed by atoms with Gasteiger partial charge in [0.2, 0.25) is 0 Å². The molecule has 0 aliphatic carbocycles. The zero-order valence-electron chi connectivity index (χ0n) is 19.1. The van der Waals surface area contributed by atoms with Crippen molar-refractivity contribution in [1.82, 2.24) is 15.5 Å². The van der Waals surface area contributed by atoms with Crippen LogP contribution in [-0.4, -0.2) is 76.0 Å². The third-order valence-corrected chi connectivity index (χ3v) is 5.93. The molecule has 1 unspecified atom stereocenters. The van der Waals surface area contributed by atoms with Crippen LogP contribution in [0.15, 0.2) is 29.3 Å². The molecule has 172 valence electrons. The summed E-state index contributed by atoms with van der Waals surface area (Å²) in [4.78, 5) is 20.9. The molecule has 1 aromatic carbocycles. The van der Waals surface area contributed by atoms with Crippen molar-refractivity contribution in [3.8, 4) is 5.75 Å². The highest BCUT2D eigenvalue weighted by molar-refractivity contribution is 5.80. The van der Waals surface area contributed by atoms with Crippen molar-refractivity contribution < 1.29 is 14.3 Å². The Hall–Kier alpha value is -2.64. The summed E-state index contributed by atoms with van der Waals surface area (Å²) in [7, 11) is 1.72. The van der Waals surface area contributed by atoms with Gasteiger partial charge in [-0.2, -0.15) is 0 Å². The molecular weight excluding hydrogens is 394 g/mol. The van der Waals surface area contributed by atoms with Gasteiger partial charge in [-0.25, -0.2) is 4.79 Å². The van der Waals surface area contributed by atoms with Gasteiger partial charge in [-0.05, 0) is 51.2 Å². The monoisotopic (exact) mass is 431 g/mol. The zero-order chi connectivity index (χ0) is 22.1. The van der Waals surface area contributed by atoms with Crippen molar-refractivity contribution in [2.45, 2.75) is 39.2 Å². The molecule has 1 aromatic rings. The van der Waals surface area contributed by atoms with Gasteiger partial charge in [-0.3, -0.25) is 4.99 Å². The smallest absolute Gasteiger partial charge is 0.409 e. The Balaban J connectivity index is 1.49. The number of guanidine groups is 1. The van der Waals surface area contributed by atoms with E-state index in [0.29, 0.717) is 31.7 Å². The summed E-state index contributed by atoms with van der Waals surface area (Å²) in [5.74, 6) is 2.31. The van der Waals surface area contributed by atoms with Crippen molar-refractivity contribution in [3.63, 3.8) is 0 Å². The number of methoxy groups -OCH3 is 1. The second-order valence-corrected chi connectivity index (χ2v) is 8.10. The number of carbonyl (C=O) groups excluding carboxylic acids is 1. The third kappa shape index (κ3) is 6.42. The molecule has 31 heavy (non-hydrogen) atoms. The highest BCUT2D eigenvalue weighted by atomic mass is 16.6. The third-order valence-electron chi connectivity index (χ3n) is 5.93. The van der Waals surface area contributed by atoms with E-state index in [1.165, 1.54) is 0 Å². The number of anilines is 1. The Bertz CT molecular complexity index is 734. The van der Waals surface area contributed by atoms with Crippen molar-refractivity contribution >= 4 is 17.7 Å². The fourth-order valence-electron chi connectivity index (χ4n) is 4.25. The summed E-state index contributed by atoms with van der Waals surface area (Å²) in [5, 5.41) is 6.93. The number of aliphatic imine (C=N–C) groups is 1. The van der Waals surface area contributed by atoms with E-state index in [1.807, 2.05) is 19.1 Å². The van der Waals surface area contributed by atoms with Gasteiger partial charge in [0, 0.05) is 45.3 Å². The number of para-hydroxylation sites is 2. The van der Waals surface area contributed by atoms with Crippen molar-refractivity contribution in [2.24, 2.45) is 10.9 Å². The predicted octanol–water partition coefficient (Wildman–Crippen LogP) is 2.70. The van der Waals surface area contributed by atoms with Crippen molar-refractivity contribution in [3.05, 3.63) is 24.3 Å². The molecule has 8 heteroatoms. The molecule has 2 saturated heterocycles. The van der Waals surface area contributed by atoms with E-state index in [2.05, 4.69) is 34.6 Å². The SMILES string of the molecule is CCNC(=NCC1CCN(c2ccccc2OC)C1)NC1CCN(C(=O)OCC)CC1. The molecule has 0 spiro atoms. The molecular formula is C23H37N5O3. The number of ether oxygens (including phenoxy) is 2. The maximum atomic E-state index is 11.9. The number of hydrogen-bond donors (Lipinski definition) is 2. The van der Waals surface area contributed by atoms with E-state index < -0.39 is 0 Å². The molecule has 2 aliphatic heterocycles. The maximum absolute atomic E-state index is 11.9. The van der Waals surface area contributed by atoms with Gasteiger partial charge in [0.1, 0.15) is 5.75 Å². The zero-order valence-corrected chi connectivity index (χ0v) is 19.1. The first-order chi connectivity index (χ1) is 15.1. The average Bonchev–Trinajstić information content (AvgIpc) is 3.27. The van der Waals surface area contributed by atoms with Crippen LogP contribution in [-0.2, 0) is 4.74 Å². The Morgan fingerprint density at radius 3 is 2.65 bits per heavy atom. The van der Waals surface area contributed by atoms with Crippen LogP contribution in [0.1, 0.15) is 33.1 Å². The highest BCUT2D eigenvalue weighted by Gasteiger charge is 2.26. The number of hydrogen-bond acceptors (Lipinski definition) is 5. The van der Waals surface area contributed by atoms with Crippen LogP contribution < -0.4 is 20.3 Å². The fraction of sp³-hybridized carbons (Fsp3) is 0.652. The molecule has 2 aliphatic rings.